The number of carbonyl (C=O) groups excluding carboxylic acids is 6. The Bertz CT molecular complexity index is 2610. The van der Waals surface area contributed by atoms with Crippen molar-refractivity contribution in [1.82, 2.24) is 13.7 Å². The van der Waals surface area contributed by atoms with Gasteiger partial charge in [0.25, 0.3) is 0 Å². The van der Waals surface area contributed by atoms with Crippen LogP contribution < -0.4 is 0 Å². The second kappa shape index (κ2) is 28.3. The van der Waals surface area contributed by atoms with E-state index in [-0.39, 0.29) is 24.5 Å². The minimum absolute atomic E-state index is 0.250. The van der Waals surface area contributed by atoms with Gasteiger partial charge in [-0.1, -0.05) is 90.4 Å². The lowest BCUT2D eigenvalue weighted by Gasteiger charge is -2.26. The highest BCUT2D eigenvalue weighted by molar-refractivity contribution is 9.09. The molecule has 0 aliphatic heterocycles. The summed E-state index contributed by atoms with van der Waals surface area (Å²) < 4.78 is 17.2. The molecule has 71 heavy (non-hydrogen) atoms. The number of benzene rings is 2. The van der Waals surface area contributed by atoms with E-state index in [1.165, 1.54) is 114 Å². The molecule has 2 aromatic carbocycles. The number of rotatable bonds is 9. The van der Waals surface area contributed by atoms with Crippen molar-refractivity contribution in [2.45, 2.75) is 163 Å². The average Bonchev–Trinajstić information content (AvgIpc) is 4.13. The predicted molar refractivity (Wildman–Crippen MR) is 286 cm³/mol. The van der Waals surface area contributed by atoms with Gasteiger partial charge < -0.3 is 14.0 Å². The van der Waals surface area contributed by atoms with Gasteiger partial charge in [0, 0.05) is 53.4 Å². The van der Waals surface area contributed by atoms with Crippen LogP contribution in [0.4, 0.5) is 9.59 Å². The van der Waals surface area contributed by atoms with Crippen LogP contribution in [0.25, 0.3) is 33.4 Å². The first-order chi connectivity index (χ1) is 33.9. The third-order valence-electron chi connectivity index (χ3n) is 12.5. The fourth-order valence-electron chi connectivity index (χ4n) is 9.87. The normalized spacial score (nSPS) is 14.7. The van der Waals surface area contributed by atoms with E-state index >= 15 is 0 Å². The maximum Gasteiger partial charge on any atom is 0.419 e. The fraction of sp³-hybridized carbons (Fsp3) is 0.509. The summed E-state index contributed by atoms with van der Waals surface area (Å²) in [6.07, 6.45) is 19.0. The quantitative estimate of drug-likeness (QED) is 0.133. The Morgan fingerprint density at radius 2 is 1.17 bits per heavy atom. The van der Waals surface area contributed by atoms with Crippen LogP contribution in [0, 0.1) is 19.8 Å². The van der Waals surface area contributed by atoms with Gasteiger partial charge in [-0.2, -0.15) is 19.2 Å². The van der Waals surface area contributed by atoms with E-state index in [1.54, 1.807) is 9.13 Å². The van der Waals surface area contributed by atoms with Crippen molar-refractivity contribution in [2.75, 3.05) is 17.1 Å². The van der Waals surface area contributed by atoms with Crippen LogP contribution in [-0.2, 0) is 41.6 Å². The number of alkyl halides is 3. The fourth-order valence-corrected chi connectivity index (χ4v) is 10.7. The van der Waals surface area contributed by atoms with E-state index < -0.39 is 11.2 Å². The number of fused-ring (bicyclic) bond motifs is 2. The third-order valence-corrected chi connectivity index (χ3v) is 13.6. The molecule has 3 aliphatic carbocycles. The largest absolute Gasteiger partial charge is 0.443 e. The highest BCUT2D eigenvalue weighted by Gasteiger charge is 2.33. The minimum Gasteiger partial charge on any atom is -0.443 e. The molecule has 14 heteroatoms. The van der Waals surface area contributed by atoms with Crippen LogP contribution in [0.1, 0.15) is 158 Å². The Kier molecular flexibility index (Phi) is 23.4. The summed E-state index contributed by atoms with van der Waals surface area (Å²) in [5, 5.41) is 2.33. The number of halogens is 3. The third kappa shape index (κ3) is 16.5. The van der Waals surface area contributed by atoms with Crippen LogP contribution >= 0.6 is 39.1 Å². The molecule has 11 nitrogen and oxygen atoms in total. The molecule has 8 rings (SSSR count). The summed E-state index contributed by atoms with van der Waals surface area (Å²) in [6, 6.07) is 21.6. The van der Waals surface area contributed by atoms with Gasteiger partial charge in [0.15, 0.2) is 0 Å². The number of carbonyl (C=O) groups is 2. The van der Waals surface area contributed by atoms with Crippen LogP contribution in [0.2, 0.25) is 0 Å². The van der Waals surface area contributed by atoms with Gasteiger partial charge in [0.1, 0.15) is 11.2 Å². The van der Waals surface area contributed by atoms with E-state index in [0.29, 0.717) is 17.7 Å². The Morgan fingerprint density at radius 3 is 1.68 bits per heavy atom. The van der Waals surface area contributed by atoms with Gasteiger partial charge in [-0.05, 0) is 169 Å². The zero-order chi connectivity index (χ0) is 52.3. The van der Waals surface area contributed by atoms with Crippen molar-refractivity contribution in [1.29, 1.82) is 0 Å². The molecule has 5 aromatic rings. The second-order valence-electron chi connectivity index (χ2n) is 20.3. The lowest BCUT2D eigenvalue weighted by Crippen LogP contribution is -2.27. The molecule has 3 heterocycles. The number of ether oxygens (including phenoxy) is 2. The van der Waals surface area contributed by atoms with Crippen molar-refractivity contribution < 1.29 is 38.2 Å². The number of hydrogen-bond acceptors (Lipinski definition) is 8. The van der Waals surface area contributed by atoms with Crippen molar-refractivity contribution in [2.24, 2.45) is 5.92 Å². The molecule has 3 aromatic heterocycles. The van der Waals surface area contributed by atoms with Crippen molar-refractivity contribution >= 4 is 85.7 Å². The van der Waals surface area contributed by atoms with E-state index in [0.717, 1.165) is 54.1 Å². The van der Waals surface area contributed by atoms with E-state index in [4.69, 9.17) is 51.9 Å². The molecule has 0 radical (unpaired) electrons. The van der Waals surface area contributed by atoms with Crippen molar-refractivity contribution in [3.05, 3.63) is 107 Å². The van der Waals surface area contributed by atoms with Gasteiger partial charge in [0.05, 0.1) is 17.1 Å². The predicted octanol–water partition coefficient (Wildman–Crippen LogP) is 15.3. The first kappa shape index (κ1) is 58.6. The smallest absolute Gasteiger partial charge is 0.419 e. The first-order valence-electron chi connectivity index (χ1n) is 24.8. The van der Waals surface area contributed by atoms with E-state index in [2.05, 4.69) is 82.9 Å². The van der Waals surface area contributed by atoms with E-state index in [1.807, 2.05) is 66.1 Å². The topological polar surface area (TPSA) is 136 Å². The monoisotopic (exact) mass is 1080 g/mol. The van der Waals surface area contributed by atoms with E-state index in [9.17, 15) is 9.59 Å². The summed E-state index contributed by atoms with van der Waals surface area (Å²) in [5.74, 6) is 2.47. The van der Waals surface area contributed by atoms with Gasteiger partial charge >= 0.3 is 24.5 Å². The highest BCUT2D eigenvalue weighted by Crippen LogP contribution is 2.48. The molecule has 0 saturated heterocycles. The maximum absolute atomic E-state index is 13.1. The minimum atomic E-state index is -0.548. The molecular weight excluding hydrogens is 1010 g/mol. The highest BCUT2D eigenvalue weighted by atomic mass is 79.9. The Balaban J connectivity index is 0.000000257. The molecule has 0 spiro atoms. The zero-order valence-corrected chi connectivity index (χ0v) is 45.9. The lowest BCUT2D eigenvalue weighted by molar-refractivity contribution is -0.193. The van der Waals surface area contributed by atoms with Crippen molar-refractivity contribution in [3.8, 4) is 11.4 Å². The summed E-state index contributed by atoms with van der Waals surface area (Å²) >= 11 is 14.6. The number of allylic oxidation sites excluding steroid dienone is 2. The summed E-state index contributed by atoms with van der Waals surface area (Å²) in [7, 11) is 0. The van der Waals surface area contributed by atoms with Gasteiger partial charge in [-0.25, -0.2) is 9.59 Å². The molecule has 384 valence electrons. The SMILES string of the molecule is Cc1ccc2c(C3CCCCC3)c(-c3cccn3C(=O)OC(C)(C)C)n(CCCCl)c2c1.Cc1ccc2c(c1)CC(c1cccn1C(=O)OC(C)(C)C)=C2C1CCCCC1.ClCCCBr.O=C=O.O=C=O. The van der Waals surface area contributed by atoms with Crippen LogP contribution in [-0.4, -0.2) is 66.5 Å². The summed E-state index contributed by atoms with van der Waals surface area (Å²) in [4.78, 5) is 58.4. The number of aromatic nitrogens is 3. The van der Waals surface area contributed by atoms with Crippen LogP contribution in [0.5, 0.6) is 0 Å². The standard InChI is InChI=1S/C27H35ClN2O2.C25H31NO2.C3H6BrCl.2CO2/c1-19-13-14-21-23(18-19)29(17-9-15-28)25(24(21)20-10-6-5-7-11-20)22-12-8-16-30(22)26(31)32-27(2,3)4;1-17-12-13-20-19(15-17)16-21(23(20)18-9-6-5-7-10-18)22-11-8-14-26(22)24(27)28-25(2,3)4;4-2-1-3-5;2*2-1-3/h8,12-14,16,18,20H,5-7,9-11,15,17H2,1-4H3;8,11-15,18H,5-7,9-10,16H2,1-4H3;1-3H2;;. The van der Waals surface area contributed by atoms with Gasteiger partial charge in [-0.3, -0.25) is 9.13 Å². The molecule has 0 unspecified atom stereocenters. The number of aryl methyl sites for hydroxylation is 3. The lowest BCUT2D eigenvalue weighted by atomic mass is 9.80. The first-order valence-corrected chi connectivity index (χ1v) is 27.0. The Labute approximate surface area is 438 Å². The Morgan fingerprint density at radius 1 is 0.676 bits per heavy atom. The molecular formula is C57H72BrCl2N3O8. The van der Waals surface area contributed by atoms with Crippen molar-refractivity contribution in [3.63, 3.8) is 0 Å². The van der Waals surface area contributed by atoms with Crippen LogP contribution in [0.3, 0.4) is 0 Å². The molecule has 0 atom stereocenters. The molecule has 3 aliphatic rings. The summed E-state index contributed by atoms with van der Waals surface area (Å²) in [6.45, 7) is 16.6. The number of nitrogens with zero attached hydrogens (tertiary/aromatic N) is 3. The van der Waals surface area contributed by atoms with Crippen LogP contribution in [0.15, 0.2) is 73.1 Å². The van der Waals surface area contributed by atoms with Gasteiger partial charge in [-0.15, -0.1) is 23.2 Å². The second-order valence-corrected chi connectivity index (χ2v) is 21.8. The van der Waals surface area contributed by atoms with Gasteiger partial charge in [0.2, 0.25) is 0 Å². The molecule has 0 bridgehead atoms. The average molecular weight is 1080 g/mol. The Hall–Kier alpha value is -4.96. The molecule has 2 fully saturated rings. The molecule has 2 saturated carbocycles. The summed E-state index contributed by atoms with van der Waals surface area (Å²) in [5.41, 5.74) is 12.7. The zero-order valence-electron chi connectivity index (χ0n) is 42.8. The number of hydrogen-bond donors (Lipinski definition) is 0. The maximum atomic E-state index is 13.1. The molecule has 0 amide bonds. The molecule has 0 N–H and O–H groups in total.